The lowest BCUT2D eigenvalue weighted by Gasteiger charge is -2.35. The first-order valence-corrected chi connectivity index (χ1v) is 36.6. The Balaban J connectivity index is 1.65. The molecule has 6 N–H and O–H groups in total. The second kappa shape index (κ2) is 39.9. The van der Waals surface area contributed by atoms with Crippen LogP contribution in [0.25, 0.3) is 0 Å². The number of carbonyl (C=O) groups excluding carboxylic acids is 10. The van der Waals surface area contributed by atoms with Gasteiger partial charge in [-0.1, -0.05) is 91.8 Å². The van der Waals surface area contributed by atoms with Crippen molar-refractivity contribution >= 4 is 82.4 Å². The van der Waals surface area contributed by atoms with Crippen LogP contribution in [0.15, 0.2) is 84.9 Å². The van der Waals surface area contributed by atoms with Gasteiger partial charge < -0.3 is 59.1 Å². The van der Waals surface area contributed by atoms with Crippen LogP contribution in [-0.4, -0.2) is 191 Å². The van der Waals surface area contributed by atoms with E-state index >= 15 is 19.2 Å². The molecule has 4 aromatic rings. The Morgan fingerprint density at radius 3 is 1.06 bits per heavy atom. The van der Waals surface area contributed by atoms with Gasteiger partial charge in [0.2, 0.25) is 11.8 Å². The standard InChI is InChI=1S/C80H116N8O18/c1-47(2)37-63-73(95)103-67(41-55-27-29-57(81-77(99)105-79(11,12)13)43-61(55)83-69(91)35-25-53-21-31-59(89)32-22-53)71(93)87(19)66(40-50(7)8)76(98)102-52(10)46-86(18)64(38-48(3)4)74(96)104-68(72(94)88(20)65(39-49(5)6)75(97)101-51(9)45-85(63)17)42-56-28-30-58(82-78(100)106-80(14,15)16)44-62(56)84-70(92)36-26-54-23-33-60(90)34-24-54/h21-24,27-34,43-44,47-52,63-68,89-90H,25-26,35-42,45-46H2,1-20H3,(H,81,99)(H,82,100)(H,83,91)(H,84,92). The van der Waals surface area contributed by atoms with Gasteiger partial charge in [-0.05, 0) is 202 Å². The molecule has 5 rings (SSSR count). The summed E-state index contributed by atoms with van der Waals surface area (Å²) in [5.41, 5.74) is 1.12. The van der Waals surface area contributed by atoms with Gasteiger partial charge in [-0.25, -0.2) is 19.2 Å². The summed E-state index contributed by atoms with van der Waals surface area (Å²) in [6.45, 7) is 28.3. The Kier molecular flexibility index (Phi) is 32.9. The summed E-state index contributed by atoms with van der Waals surface area (Å²) in [6, 6.07) is 17.2. The molecule has 1 fully saturated rings. The molecule has 584 valence electrons. The summed E-state index contributed by atoms with van der Waals surface area (Å²) in [7, 11) is 6.10. The highest BCUT2D eigenvalue weighted by atomic mass is 16.6. The normalized spacial score (nSPS) is 20.7. The van der Waals surface area contributed by atoms with E-state index in [1.54, 1.807) is 116 Å². The summed E-state index contributed by atoms with van der Waals surface area (Å²) < 4.78 is 36.5. The second-order valence-electron chi connectivity index (χ2n) is 31.5. The number of nitrogens with zero attached hydrogens (tertiary/aromatic N) is 4. The molecule has 8 unspecified atom stereocenters. The summed E-state index contributed by atoms with van der Waals surface area (Å²) in [5, 5.41) is 31.1. The first kappa shape index (κ1) is 87.3. The van der Waals surface area contributed by atoms with Crippen molar-refractivity contribution in [1.82, 2.24) is 19.6 Å². The van der Waals surface area contributed by atoms with E-state index in [1.165, 1.54) is 72.4 Å². The van der Waals surface area contributed by atoms with E-state index in [1.807, 2.05) is 55.4 Å². The molecule has 26 nitrogen and oxygen atoms in total. The van der Waals surface area contributed by atoms with Gasteiger partial charge in [-0.2, -0.15) is 0 Å². The Hall–Kier alpha value is -9.30. The topological polar surface area (TPSA) is 328 Å². The fourth-order valence-corrected chi connectivity index (χ4v) is 12.2. The maximum absolute atomic E-state index is 15.6. The SMILES string of the molecule is CC(C)CC1C(=O)OC(Cc2ccc(NC(=O)OC(C)(C)C)cc2NC(=O)CCc2ccc(O)cc2)C(=O)N(C)C(CC(C)C)C(=O)OC(C)CN(C)C(CC(C)C)C(=O)OC(Cc2ccc(NC(=O)OC(C)(C)C)cc2NC(=O)CCc2ccc(O)cc2)C(=O)N(C)C(CC(C)C)C(=O)OC(C)CN1C. The third-order valence-electron chi connectivity index (χ3n) is 17.4. The first-order valence-electron chi connectivity index (χ1n) is 36.6. The van der Waals surface area contributed by atoms with Gasteiger partial charge in [-0.3, -0.25) is 49.2 Å². The molecule has 1 aliphatic rings. The number of anilines is 4. The van der Waals surface area contributed by atoms with Crippen LogP contribution in [0, 0.1) is 23.7 Å². The molecule has 0 bridgehead atoms. The Labute approximate surface area is 625 Å². The van der Waals surface area contributed by atoms with E-state index in [2.05, 4.69) is 21.3 Å². The fourth-order valence-electron chi connectivity index (χ4n) is 12.2. The Morgan fingerprint density at radius 2 is 0.755 bits per heavy atom. The maximum atomic E-state index is 15.6. The first-order chi connectivity index (χ1) is 49.4. The number of benzene rings is 4. The highest BCUT2D eigenvalue weighted by molar-refractivity contribution is 5.96. The van der Waals surface area contributed by atoms with Crippen LogP contribution < -0.4 is 21.3 Å². The van der Waals surface area contributed by atoms with Crippen molar-refractivity contribution in [2.45, 2.75) is 235 Å². The van der Waals surface area contributed by atoms with E-state index in [9.17, 15) is 39.0 Å². The van der Waals surface area contributed by atoms with Crippen LogP contribution in [0.3, 0.4) is 0 Å². The molecule has 1 heterocycles. The number of hydrogen-bond donors (Lipinski definition) is 6. The van der Waals surface area contributed by atoms with E-state index in [-0.39, 0.29) is 135 Å². The number of aromatic hydroxyl groups is 2. The van der Waals surface area contributed by atoms with Crippen LogP contribution in [0.5, 0.6) is 11.5 Å². The molecule has 106 heavy (non-hydrogen) atoms. The van der Waals surface area contributed by atoms with Crippen molar-refractivity contribution in [3.63, 3.8) is 0 Å². The van der Waals surface area contributed by atoms with Gasteiger partial charge in [0.25, 0.3) is 11.8 Å². The molecule has 0 aliphatic carbocycles. The van der Waals surface area contributed by atoms with Crippen molar-refractivity contribution in [3.8, 4) is 11.5 Å². The van der Waals surface area contributed by atoms with Gasteiger partial charge in [0.05, 0.1) is 0 Å². The predicted molar refractivity (Wildman–Crippen MR) is 405 cm³/mol. The van der Waals surface area contributed by atoms with Crippen molar-refractivity contribution in [2.75, 3.05) is 62.5 Å². The lowest BCUT2D eigenvalue weighted by Crippen LogP contribution is -2.53. The monoisotopic (exact) mass is 1480 g/mol. The maximum Gasteiger partial charge on any atom is 0.412 e. The van der Waals surface area contributed by atoms with E-state index in [0.717, 1.165) is 11.1 Å². The zero-order chi connectivity index (χ0) is 79.2. The molecule has 0 spiro atoms. The quantitative estimate of drug-likeness (QED) is 0.0314. The summed E-state index contributed by atoms with van der Waals surface area (Å²) in [4.78, 5) is 152. The van der Waals surface area contributed by atoms with Crippen LogP contribution in [0.1, 0.15) is 172 Å². The van der Waals surface area contributed by atoms with E-state index < -0.39 is 119 Å². The molecule has 6 amide bonds. The zero-order valence-electron chi connectivity index (χ0n) is 65.7. The largest absolute Gasteiger partial charge is 0.508 e. The van der Waals surface area contributed by atoms with Crippen LogP contribution in [-0.2, 0) is 92.5 Å². The number of hydrogen-bond acceptors (Lipinski definition) is 20. The molecule has 8 atom stereocenters. The van der Waals surface area contributed by atoms with Gasteiger partial charge in [0.15, 0.2) is 12.2 Å². The molecular weight excluding hydrogens is 1360 g/mol. The number of cyclic esters (lactones) is 4. The number of rotatable bonds is 22. The summed E-state index contributed by atoms with van der Waals surface area (Å²) >= 11 is 0. The van der Waals surface area contributed by atoms with Crippen LogP contribution in [0.2, 0.25) is 0 Å². The van der Waals surface area contributed by atoms with Crippen LogP contribution in [0.4, 0.5) is 32.3 Å². The Bertz CT molecular complexity index is 3410. The second-order valence-corrected chi connectivity index (χ2v) is 31.5. The zero-order valence-corrected chi connectivity index (χ0v) is 65.7. The molecular formula is C80H116N8O18. The number of aryl methyl sites for hydroxylation is 2. The highest BCUT2D eigenvalue weighted by Gasteiger charge is 2.42. The third kappa shape index (κ3) is 29.2. The molecule has 4 aromatic carbocycles. The number of phenolic OH excluding ortho intramolecular Hbond substituents is 2. The lowest BCUT2D eigenvalue weighted by atomic mass is 9.99. The smallest absolute Gasteiger partial charge is 0.412 e. The highest BCUT2D eigenvalue weighted by Crippen LogP contribution is 2.31. The fraction of sp³-hybridized carbons (Fsp3) is 0.575. The van der Waals surface area contributed by atoms with E-state index in [4.69, 9.17) is 28.4 Å². The van der Waals surface area contributed by atoms with Crippen molar-refractivity contribution < 1.29 is 86.6 Å². The molecule has 1 aliphatic heterocycles. The lowest BCUT2D eigenvalue weighted by molar-refractivity contribution is -0.171. The van der Waals surface area contributed by atoms with Crippen molar-refractivity contribution in [3.05, 3.63) is 107 Å². The number of phenols is 2. The number of likely N-dealkylation sites (N-methyl/N-ethyl adjacent to an activating group) is 4. The minimum atomic E-state index is -1.69. The average molecular weight is 1480 g/mol. The number of amides is 6. The third-order valence-corrected chi connectivity index (χ3v) is 17.4. The molecule has 1 saturated heterocycles. The molecule has 0 radical (unpaired) electrons. The molecule has 26 heteroatoms. The molecule has 0 saturated carbocycles. The minimum absolute atomic E-state index is 0.0278. The summed E-state index contributed by atoms with van der Waals surface area (Å²) in [5.74, 6) is -6.47. The van der Waals surface area contributed by atoms with Gasteiger partial charge in [0, 0.05) is 75.6 Å². The van der Waals surface area contributed by atoms with Crippen molar-refractivity contribution in [1.29, 1.82) is 0 Å². The summed E-state index contributed by atoms with van der Waals surface area (Å²) in [6.07, 6.45) is -6.63. The number of ether oxygens (including phenoxy) is 6. The molecule has 0 aromatic heterocycles. The van der Waals surface area contributed by atoms with Crippen LogP contribution >= 0.6 is 0 Å². The van der Waals surface area contributed by atoms with Gasteiger partial charge in [-0.15, -0.1) is 0 Å². The Morgan fingerprint density at radius 1 is 0.453 bits per heavy atom. The van der Waals surface area contributed by atoms with E-state index in [0.29, 0.717) is 11.1 Å². The van der Waals surface area contributed by atoms with Crippen molar-refractivity contribution in [2.24, 2.45) is 23.7 Å². The average Bonchev–Trinajstić information content (AvgIpc) is 0.817. The number of carbonyl (C=O) groups is 10. The number of esters is 4. The predicted octanol–water partition coefficient (Wildman–Crippen LogP) is 11.9. The van der Waals surface area contributed by atoms with Gasteiger partial charge >= 0.3 is 36.1 Å². The minimum Gasteiger partial charge on any atom is -0.508 e. The number of nitrogens with one attached hydrogen (secondary N) is 4. The van der Waals surface area contributed by atoms with Gasteiger partial charge in [0.1, 0.15) is 59.1 Å².